The number of carbonyl (C=O) groups is 2. The molecule has 0 bridgehead atoms. The van der Waals surface area contributed by atoms with E-state index in [1.165, 1.54) is 19.2 Å². The van der Waals surface area contributed by atoms with Crippen molar-refractivity contribution in [2.45, 2.75) is 19.4 Å². The van der Waals surface area contributed by atoms with E-state index in [1.54, 1.807) is 13.0 Å². The molecule has 1 aliphatic rings. The maximum atomic E-state index is 11.8. The van der Waals surface area contributed by atoms with Gasteiger partial charge in [0.2, 0.25) is 5.91 Å². The number of likely N-dealkylation sites (N-methyl/N-ethyl adjacent to an activating group) is 1. The minimum absolute atomic E-state index is 0.0298. The molecule has 0 aliphatic carbocycles. The number of ether oxygens (including phenoxy) is 1. The molecule has 1 fully saturated rings. The van der Waals surface area contributed by atoms with E-state index in [4.69, 9.17) is 4.74 Å². The summed E-state index contributed by atoms with van der Waals surface area (Å²) in [6, 6.07) is 3.46. The Bertz CT molecular complexity index is 601. The summed E-state index contributed by atoms with van der Waals surface area (Å²) in [6.45, 7) is 2.13. The van der Waals surface area contributed by atoms with Gasteiger partial charge in [0.15, 0.2) is 0 Å². The fourth-order valence-electron chi connectivity index (χ4n) is 2.09. The summed E-state index contributed by atoms with van der Waals surface area (Å²) < 4.78 is 5.26. The second-order valence-electron chi connectivity index (χ2n) is 4.60. The molecular formula is C13H15N3O5. The first kappa shape index (κ1) is 14.8. The van der Waals surface area contributed by atoms with Crippen LogP contribution in [0, 0.1) is 10.1 Å². The molecule has 1 saturated heterocycles. The molecule has 1 atom stereocenters. The molecule has 0 spiro atoms. The number of nitro groups is 1. The van der Waals surface area contributed by atoms with Crippen LogP contribution in [0.2, 0.25) is 0 Å². The number of carbonyl (C=O) groups excluding carboxylic acids is 2. The topological polar surface area (TPSA) is 102 Å². The summed E-state index contributed by atoms with van der Waals surface area (Å²) in [5.41, 5.74) is 0.225. The number of benzene rings is 1. The van der Waals surface area contributed by atoms with Crippen molar-refractivity contribution < 1.29 is 19.2 Å². The van der Waals surface area contributed by atoms with E-state index < -0.39 is 11.0 Å². The average molecular weight is 293 g/mol. The Morgan fingerprint density at radius 1 is 1.43 bits per heavy atom. The van der Waals surface area contributed by atoms with E-state index >= 15 is 0 Å². The van der Waals surface area contributed by atoms with Gasteiger partial charge in [0.1, 0.15) is 11.8 Å². The first-order valence-corrected chi connectivity index (χ1v) is 6.41. The van der Waals surface area contributed by atoms with Crippen LogP contribution in [-0.2, 0) is 9.59 Å². The lowest BCUT2D eigenvalue weighted by molar-refractivity contribution is -0.384. The van der Waals surface area contributed by atoms with Crippen LogP contribution in [0.3, 0.4) is 0 Å². The van der Waals surface area contributed by atoms with Crippen molar-refractivity contribution in [2.75, 3.05) is 19.0 Å². The molecule has 1 aromatic carbocycles. The van der Waals surface area contributed by atoms with Gasteiger partial charge in [-0.25, -0.2) is 0 Å². The fourth-order valence-corrected chi connectivity index (χ4v) is 2.09. The molecule has 1 aliphatic heterocycles. The molecule has 0 radical (unpaired) electrons. The molecule has 0 saturated carbocycles. The smallest absolute Gasteiger partial charge is 0.275 e. The van der Waals surface area contributed by atoms with Crippen LogP contribution >= 0.6 is 0 Å². The number of non-ortho nitro benzene ring substituents is 1. The van der Waals surface area contributed by atoms with Gasteiger partial charge in [0.25, 0.3) is 11.6 Å². The van der Waals surface area contributed by atoms with Crippen molar-refractivity contribution in [2.24, 2.45) is 0 Å². The van der Waals surface area contributed by atoms with E-state index in [-0.39, 0.29) is 23.9 Å². The first-order chi connectivity index (χ1) is 9.92. The normalized spacial score (nSPS) is 18.0. The minimum atomic E-state index is -0.709. The van der Waals surface area contributed by atoms with Crippen LogP contribution in [0.15, 0.2) is 18.2 Å². The van der Waals surface area contributed by atoms with Crippen molar-refractivity contribution in [1.82, 2.24) is 4.90 Å². The summed E-state index contributed by atoms with van der Waals surface area (Å²) in [5, 5.41) is 13.8. The predicted octanol–water partition coefficient (Wildman–Crippen LogP) is 1.16. The average Bonchev–Trinajstić information content (AvgIpc) is 2.66. The Kier molecular flexibility index (Phi) is 4.06. The fraction of sp³-hybridized carbons (Fsp3) is 0.385. The Hall–Kier alpha value is -2.64. The number of nitrogens with zero attached hydrogens (tertiary/aromatic N) is 2. The lowest BCUT2D eigenvalue weighted by atomic mass is 10.2. The first-order valence-electron chi connectivity index (χ1n) is 6.41. The van der Waals surface area contributed by atoms with E-state index in [0.29, 0.717) is 18.0 Å². The monoisotopic (exact) mass is 293 g/mol. The van der Waals surface area contributed by atoms with Crippen molar-refractivity contribution in [1.29, 1.82) is 0 Å². The van der Waals surface area contributed by atoms with Gasteiger partial charge in [-0.3, -0.25) is 24.6 Å². The molecule has 8 heteroatoms. The third-order valence-electron chi connectivity index (χ3n) is 3.14. The lowest BCUT2D eigenvalue weighted by Gasteiger charge is -2.13. The van der Waals surface area contributed by atoms with E-state index in [0.717, 1.165) is 4.90 Å². The Morgan fingerprint density at radius 2 is 2.14 bits per heavy atom. The molecule has 112 valence electrons. The van der Waals surface area contributed by atoms with Crippen molar-refractivity contribution in [3.05, 3.63) is 28.3 Å². The zero-order valence-electron chi connectivity index (χ0n) is 11.7. The number of hydrogen-bond donors (Lipinski definition) is 1. The summed E-state index contributed by atoms with van der Waals surface area (Å²) in [6.07, 6.45) is 0.0298. The van der Waals surface area contributed by atoms with Crippen LogP contribution in [-0.4, -0.2) is 41.3 Å². The number of nitrogens with one attached hydrogen (secondary N) is 1. The molecule has 2 amide bonds. The van der Waals surface area contributed by atoms with Crippen molar-refractivity contribution in [3.63, 3.8) is 0 Å². The highest BCUT2D eigenvalue weighted by molar-refractivity contribution is 6.06. The molecule has 1 aromatic rings. The van der Waals surface area contributed by atoms with Gasteiger partial charge >= 0.3 is 0 Å². The number of nitro benzene ring substituents is 1. The highest BCUT2D eigenvalue weighted by Crippen LogP contribution is 2.27. The summed E-state index contributed by atoms with van der Waals surface area (Å²) in [4.78, 5) is 34.7. The van der Waals surface area contributed by atoms with Crippen LogP contribution in [0.25, 0.3) is 0 Å². The summed E-state index contributed by atoms with van der Waals surface area (Å²) in [7, 11) is 1.41. The lowest BCUT2D eigenvalue weighted by Crippen LogP contribution is -2.31. The Balaban J connectivity index is 2.25. The number of rotatable bonds is 5. The standard InChI is InChI=1S/C13H15N3O5/c1-3-21-10-5-8(4-9(6-10)16(19)20)14-11-7-12(17)15(2)13(11)18/h4-6,11,14H,3,7H2,1-2H3. The Morgan fingerprint density at radius 3 is 2.67 bits per heavy atom. The third-order valence-corrected chi connectivity index (χ3v) is 3.14. The van der Waals surface area contributed by atoms with Crippen molar-refractivity contribution in [3.8, 4) is 5.75 Å². The molecule has 2 rings (SSSR count). The number of likely N-dealkylation sites (tertiary alicyclic amines) is 1. The SMILES string of the molecule is CCOc1cc(NC2CC(=O)N(C)C2=O)cc([N+](=O)[O-])c1. The molecular weight excluding hydrogens is 278 g/mol. The van der Waals surface area contributed by atoms with Gasteiger partial charge in [-0.2, -0.15) is 0 Å². The highest BCUT2D eigenvalue weighted by atomic mass is 16.6. The second-order valence-corrected chi connectivity index (χ2v) is 4.60. The van der Waals surface area contributed by atoms with Crippen LogP contribution in [0.4, 0.5) is 11.4 Å². The number of hydrogen-bond acceptors (Lipinski definition) is 6. The summed E-state index contributed by atoms with van der Waals surface area (Å²) >= 11 is 0. The minimum Gasteiger partial charge on any atom is -0.494 e. The molecule has 21 heavy (non-hydrogen) atoms. The molecule has 1 N–H and O–H groups in total. The second kappa shape index (κ2) is 5.78. The molecule has 8 nitrogen and oxygen atoms in total. The van der Waals surface area contributed by atoms with E-state index in [2.05, 4.69) is 5.32 Å². The number of anilines is 1. The summed E-state index contributed by atoms with van der Waals surface area (Å²) in [5.74, 6) is -0.309. The quantitative estimate of drug-likeness (QED) is 0.496. The highest BCUT2D eigenvalue weighted by Gasteiger charge is 2.36. The van der Waals surface area contributed by atoms with Gasteiger partial charge in [-0.1, -0.05) is 0 Å². The van der Waals surface area contributed by atoms with Gasteiger partial charge < -0.3 is 10.1 Å². The predicted molar refractivity (Wildman–Crippen MR) is 74.1 cm³/mol. The largest absolute Gasteiger partial charge is 0.494 e. The maximum Gasteiger partial charge on any atom is 0.275 e. The molecule has 1 unspecified atom stereocenters. The van der Waals surface area contributed by atoms with Gasteiger partial charge in [-0.15, -0.1) is 0 Å². The zero-order valence-corrected chi connectivity index (χ0v) is 11.7. The number of imide groups is 1. The molecule has 0 aromatic heterocycles. The van der Waals surface area contributed by atoms with Crippen LogP contribution in [0.5, 0.6) is 5.75 Å². The maximum absolute atomic E-state index is 11.8. The third kappa shape index (κ3) is 3.10. The van der Waals surface area contributed by atoms with Crippen LogP contribution in [0.1, 0.15) is 13.3 Å². The Labute approximate surface area is 120 Å². The van der Waals surface area contributed by atoms with Crippen LogP contribution < -0.4 is 10.1 Å². The zero-order chi connectivity index (χ0) is 15.6. The van der Waals surface area contributed by atoms with Gasteiger partial charge in [0.05, 0.1) is 24.0 Å². The molecule has 1 heterocycles. The van der Waals surface area contributed by atoms with E-state index in [9.17, 15) is 19.7 Å². The van der Waals surface area contributed by atoms with Gasteiger partial charge in [0, 0.05) is 24.9 Å². The number of amides is 2. The van der Waals surface area contributed by atoms with E-state index in [1.807, 2.05) is 0 Å². The van der Waals surface area contributed by atoms with Crippen molar-refractivity contribution >= 4 is 23.2 Å². The van der Waals surface area contributed by atoms with Gasteiger partial charge in [-0.05, 0) is 6.92 Å².